The molecule has 3 aromatic rings. The molecule has 1 aromatic heterocycles. The predicted octanol–water partition coefficient (Wildman–Crippen LogP) is 5.40. The van der Waals surface area contributed by atoms with Crippen molar-refractivity contribution in [2.75, 3.05) is 10.6 Å². The zero-order valence-corrected chi connectivity index (χ0v) is 16.2. The van der Waals surface area contributed by atoms with Crippen LogP contribution in [0.5, 0.6) is 0 Å². The number of carbonyl (C=O) groups excluding carboxylic acids is 1. The lowest BCUT2D eigenvalue weighted by atomic mass is 9.92. The molecule has 2 aromatic carbocycles. The number of aryl methyl sites for hydroxylation is 1. The number of anilines is 2. The first-order valence-corrected chi connectivity index (χ1v) is 8.84. The fourth-order valence-corrected chi connectivity index (χ4v) is 2.57. The third-order valence-electron chi connectivity index (χ3n) is 4.18. The van der Waals surface area contributed by atoms with Gasteiger partial charge in [0.1, 0.15) is 5.82 Å². The molecule has 2 amide bonds. The molecule has 0 atom stereocenters. The summed E-state index contributed by atoms with van der Waals surface area (Å²) >= 11 is 0. The van der Waals surface area contributed by atoms with E-state index in [1.807, 2.05) is 52.0 Å². The van der Waals surface area contributed by atoms with Crippen LogP contribution in [0.3, 0.4) is 0 Å². The lowest BCUT2D eigenvalue weighted by Gasteiger charge is -2.14. The minimum Gasteiger partial charge on any atom is -0.308 e. The van der Waals surface area contributed by atoms with Crippen LogP contribution in [0.4, 0.5) is 25.1 Å². The Morgan fingerprint density at radius 2 is 1.64 bits per heavy atom. The van der Waals surface area contributed by atoms with Crippen molar-refractivity contribution in [3.8, 4) is 5.69 Å². The van der Waals surface area contributed by atoms with Gasteiger partial charge in [0.15, 0.2) is 11.6 Å². The van der Waals surface area contributed by atoms with Gasteiger partial charge in [-0.1, -0.05) is 38.5 Å². The lowest BCUT2D eigenvalue weighted by Crippen LogP contribution is -2.21. The number of nitrogens with one attached hydrogen (secondary N) is 2. The van der Waals surface area contributed by atoms with Crippen LogP contribution in [-0.4, -0.2) is 15.8 Å². The number of hydrogen-bond donors (Lipinski definition) is 2. The molecular weight excluding hydrogens is 362 g/mol. The van der Waals surface area contributed by atoms with E-state index in [2.05, 4.69) is 15.7 Å². The normalized spacial score (nSPS) is 11.4. The van der Waals surface area contributed by atoms with Gasteiger partial charge in [0.2, 0.25) is 0 Å². The Labute approximate surface area is 162 Å². The fourth-order valence-electron chi connectivity index (χ4n) is 2.57. The molecule has 0 aliphatic rings. The van der Waals surface area contributed by atoms with Crippen LogP contribution >= 0.6 is 0 Å². The van der Waals surface area contributed by atoms with Gasteiger partial charge in [-0.25, -0.2) is 18.3 Å². The topological polar surface area (TPSA) is 59.0 Å². The summed E-state index contributed by atoms with van der Waals surface area (Å²) in [4.78, 5) is 12.4. The Morgan fingerprint density at radius 3 is 2.25 bits per heavy atom. The van der Waals surface area contributed by atoms with Crippen LogP contribution < -0.4 is 10.6 Å². The van der Waals surface area contributed by atoms with E-state index in [1.54, 1.807) is 10.7 Å². The maximum atomic E-state index is 13.3. The molecule has 1 heterocycles. The second-order valence-electron chi connectivity index (χ2n) is 7.62. The van der Waals surface area contributed by atoms with Crippen molar-refractivity contribution >= 4 is 17.5 Å². The van der Waals surface area contributed by atoms with Crippen LogP contribution in [0.1, 0.15) is 32.0 Å². The molecule has 0 saturated carbocycles. The molecule has 2 N–H and O–H groups in total. The van der Waals surface area contributed by atoms with Crippen LogP contribution in [0, 0.1) is 18.6 Å². The van der Waals surface area contributed by atoms with Crippen molar-refractivity contribution in [3.05, 3.63) is 71.4 Å². The van der Waals surface area contributed by atoms with Gasteiger partial charge in [-0.15, -0.1) is 0 Å². The molecule has 0 saturated heterocycles. The van der Waals surface area contributed by atoms with Gasteiger partial charge in [-0.2, -0.15) is 5.10 Å². The molecular formula is C21H22F2N4O. The Morgan fingerprint density at radius 1 is 0.964 bits per heavy atom. The highest BCUT2D eigenvalue weighted by molar-refractivity contribution is 5.99. The van der Waals surface area contributed by atoms with Crippen molar-refractivity contribution in [1.82, 2.24) is 9.78 Å². The molecule has 0 aliphatic carbocycles. The molecule has 7 heteroatoms. The van der Waals surface area contributed by atoms with E-state index in [9.17, 15) is 13.6 Å². The molecule has 5 nitrogen and oxygen atoms in total. The van der Waals surface area contributed by atoms with E-state index in [4.69, 9.17) is 0 Å². The lowest BCUT2D eigenvalue weighted by molar-refractivity contribution is 0.262. The van der Waals surface area contributed by atoms with Gasteiger partial charge in [0.25, 0.3) is 0 Å². The van der Waals surface area contributed by atoms with Crippen molar-refractivity contribution in [1.29, 1.82) is 0 Å². The number of carbonyl (C=O) groups is 1. The van der Waals surface area contributed by atoms with Gasteiger partial charge in [0.05, 0.1) is 11.4 Å². The molecule has 0 radical (unpaired) electrons. The van der Waals surface area contributed by atoms with Crippen LogP contribution in [-0.2, 0) is 5.41 Å². The monoisotopic (exact) mass is 384 g/mol. The first-order chi connectivity index (χ1) is 13.1. The van der Waals surface area contributed by atoms with Crippen LogP contribution in [0.25, 0.3) is 5.69 Å². The first kappa shape index (κ1) is 19.5. The Kier molecular flexibility index (Phi) is 5.18. The van der Waals surface area contributed by atoms with Crippen LogP contribution in [0.2, 0.25) is 0 Å². The number of rotatable bonds is 3. The van der Waals surface area contributed by atoms with Gasteiger partial charge in [-0.05, 0) is 31.2 Å². The average Bonchev–Trinajstić information content (AvgIpc) is 3.03. The molecule has 0 aliphatic heterocycles. The number of hydrogen-bond acceptors (Lipinski definition) is 2. The number of halogens is 2. The molecule has 0 fully saturated rings. The Bertz CT molecular complexity index is 1000. The maximum absolute atomic E-state index is 13.3. The second-order valence-corrected chi connectivity index (χ2v) is 7.62. The Balaban J connectivity index is 1.89. The van der Waals surface area contributed by atoms with E-state index in [0.29, 0.717) is 5.82 Å². The molecule has 0 spiro atoms. The fraction of sp³-hybridized carbons (Fsp3) is 0.238. The summed E-state index contributed by atoms with van der Waals surface area (Å²) in [6.45, 7) is 8.07. The van der Waals surface area contributed by atoms with Gasteiger partial charge < -0.3 is 5.32 Å². The summed E-state index contributed by atoms with van der Waals surface area (Å²) in [6, 6.07) is 12.1. The highest BCUT2D eigenvalue weighted by Gasteiger charge is 2.21. The highest BCUT2D eigenvalue weighted by atomic mass is 19.2. The summed E-state index contributed by atoms with van der Waals surface area (Å²) < 4.78 is 28.0. The summed E-state index contributed by atoms with van der Waals surface area (Å²) in [5.74, 6) is -1.54. The molecule has 28 heavy (non-hydrogen) atoms. The SMILES string of the molecule is Cc1ccc(-n2nc(C(C)(C)C)cc2NC(=O)Nc2ccc(F)c(F)c2)cc1. The minimum atomic E-state index is -1.03. The number of benzene rings is 2. The van der Waals surface area contributed by atoms with Crippen molar-refractivity contribution in [3.63, 3.8) is 0 Å². The van der Waals surface area contributed by atoms with Gasteiger partial charge in [-0.3, -0.25) is 5.32 Å². The number of nitrogens with zero attached hydrogens (tertiary/aromatic N) is 2. The van der Waals surface area contributed by atoms with Crippen molar-refractivity contribution in [2.45, 2.75) is 33.1 Å². The predicted molar refractivity (Wildman–Crippen MR) is 106 cm³/mol. The third-order valence-corrected chi connectivity index (χ3v) is 4.18. The smallest absolute Gasteiger partial charge is 0.308 e. The first-order valence-electron chi connectivity index (χ1n) is 8.84. The van der Waals surface area contributed by atoms with E-state index in [0.717, 1.165) is 29.1 Å². The summed E-state index contributed by atoms with van der Waals surface area (Å²) in [5.41, 5.74) is 2.63. The van der Waals surface area contributed by atoms with Gasteiger partial charge >= 0.3 is 6.03 Å². The molecule has 3 rings (SSSR count). The van der Waals surface area contributed by atoms with E-state index >= 15 is 0 Å². The summed E-state index contributed by atoms with van der Waals surface area (Å²) in [5, 5.41) is 9.86. The number of aromatic nitrogens is 2. The third kappa shape index (κ3) is 4.36. The maximum Gasteiger partial charge on any atom is 0.324 e. The quantitative estimate of drug-likeness (QED) is 0.635. The highest BCUT2D eigenvalue weighted by Crippen LogP contribution is 2.26. The standard InChI is InChI=1S/C21H22F2N4O/c1-13-5-8-15(9-6-13)27-19(12-18(26-27)21(2,3)4)25-20(28)24-14-7-10-16(22)17(23)11-14/h5-12H,1-4H3,(H2,24,25,28). The number of amides is 2. The minimum absolute atomic E-state index is 0.147. The zero-order valence-electron chi connectivity index (χ0n) is 16.2. The Hall–Kier alpha value is -3.22. The van der Waals surface area contributed by atoms with E-state index in [1.165, 1.54) is 6.07 Å². The van der Waals surface area contributed by atoms with Crippen molar-refractivity contribution < 1.29 is 13.6 Å². The summed E-state index contributed by atoms with van der Waals surface area (Å²) in [7, 11) is 0. The number of urea groups is 1. The molecule has 0 bridgehead atoms. The average molecular weight is 384 g/mol. The second kappa shape index (κ2) is 7.42. The largest absolute Gasteiger partial charge is 0.324 e. The zero-order chi connectivity index (χ0) is 20.5. The van der Waals surface area contributed by atoms with E-state index in [-0.39, 0.29) is 11.1 Å². The van der Waals surface area contributed by atoms with Crippen LogP contribution in [0.15, 0.2) is 48.5 Å². The van der Waals surface area contributed by atoms with Gasteiger partial charge in [0, 0.05) is 23.2 Å². The molecule has 146 valence electrons. The van der Waals surface area contributed by atoms with E-state index < -0.39 is 17.7 Å². The summed E-state index contributed by atoms with van der Waals surface area (Å²) in [6.07, 6.45) is 0. The van der Waals surface area contributed by atoms with Crippen molar-refractivity contribution in [2.24, 2.45) is 0 Å². The molecule has 0 unspecified atom stereocenters.